The van der Waals surface area contributed by atoms with Crippen LogP contribution in [0, 0.1) is 0 Å². The first-order valence-electron chi connectivity index (χ1n) is 7.46. The number of benzene rings is 2. The van der Waals surface area contributed by atoms with Crippen molar-refractivity contribution in [2.45, 2.75) is 11.4 Å². The van der Waals surface area contributed by atoms with Crippen molar-refractivity contribution < 1.29 is 12.8 Å². The monoisotopic (exact) mass is 418 g/mol. The summed E-state index contributed by atoms with van der Waals surface area (Å²) in [5.41, 5.74) is 0.816. The van der Waals surface area contributed by atoms with E-state index < -0.39 is 10.0 Å². The molecular weight excluding hydrogens is 404 g/mol. The summed E-state index contributed by atoms with van der Waals surface area (Å²) in [6.45, 7) is 0.0670. The number of hydrogen-bond donors (Lipinski definition) is 1. The van der Waals surface area contributed by atoms with Gasteiger partial charge in [0, 0.05) is 4.47 Å². The predicted octanol–water partition coefficient (Wildman–Crippen LogP) is 4.27. The van der Waals surface area contributed by atoms with Crippen molar-refractivity contribution in [3.63, 3.8) is 0 Å². The number of hydrogen-bond acceptors (Lipinski definition) is 4. The zero-order valence-electron chi connectivity index (χ0n) is 13.1. The predicted molar refractivity (Wildman–Crippen MR) is 101 cm³/mol. The lowest BCUT2D eigenvalue weighted by Crippen LogP contribution is -2.22. The van der Waals surface area contributed by atoms with E-state index in [-0.39, 0.29) is 11.4 Å². The minimum Gasteiger partial charge on any atom is -0.459 e. The molecule has 0 atom stereocenters. The Hall–Kier alpha value is -2.22. The van der Waals surface area contributed by atoms with Gasteiger partial charge in [-0.15, -0.1) is 0 Å². The van der Waals surface area contributed by atoms with Crippen molar-refractivity contribution in [2.24, 2.45) is 4.99 Å². The fraction of sp³-hybridized carbons (Fsp3) is 0.0556. The number of sulfonamides is 1. The van der Waals surface area contributed by atoms with Crippen LogP contribution < -0.4 is 4.72 Å². The Labute approximate surface area is 154 Å². The van der Waals surface area contributed by atoms with Crippen molar-refractivity contribution in [3.8, 4) is 0 Å². The average molecular weight is 419 g/mol. The zero-order chi connectivity index (χ0) is 17.7. The van der Waals surface area contributed by atoms with E-state index in [9.17, 15) is 8.42 Å². The Kier molecular flexibility index (Phi) is 5.47. The van der Waals surface area contributed by atoms with Gasteiger partial charge in [-0.25, -0.2) is 13.1 Å². The summed E-state index contributed by atoms with van der Waals surface area (Å²) >= 11 is 3.28. The maximum Gasteiger partial charge on any atom is 0.240 e. The Morgan fingerprint density at radius 2 is 1.72 bits per heavy atom. The van der Waals surface area contributed by atoms with Crippen LogP contribution in [0.25, 0.3) is 0 Å². The molecular formula is C18H15BrN2O3S. The highest BCUT2D eigenvalue weighted by molar-refractivity contribution is 9.10. The molecule has 1 aromatic heterocycles. The molecule has 0 saturated carbocycles. The van der Waals surface area contributed by atoms with Crippen molar-refractivity contribution in [3.05, 3.63) is 82.7 Å². The van der Waals surface area contributed by atoms with Crippen LogP contribution >= 0.6 is 15.9 Å². The molecule has 5 nitrogen and oxygen atoms in total. The minimum absolute atomic E-state index is 0.0670. The van der Waals surface area contributed by atoms with Crippen LogP contribution in [0.3, 0.4) is 0 Å². The lowest BCUT2D eigenvalue weighted by Gasteiger charge is -2.05. The van der Waals surface area contributed by atoms with Crippen LogP contribution in [0.5, 0.6) is 0 Å². The normalized spacial score (nSPS) is 11.9. The van der Waals surface area contributed by atoms with Gasteiger partial charge in [0.1, 0.15) is 11.5 Å². The Morgan fingerprint density at radius 3 is 2.44 bits per heavy atom. The van der Waals surface area contributed by atoms with Gasteiger partial charge >= 0.3 is 0 Å². The minimum atomic E-state index is -3.59. The van der Waals surface area contributed by atoms with Crippen molar-refractivity contribution >= 4 is 37.9 Å². The molecule has 1 heterocycles. The summed E-state index contributed by atoms with van der Waals surface area (Å²) in [6.07, 6.45) is 1.60. The van der Waals surface area contributed by atoms with Gasteiger partial charge in [-0.1, -0.05) is 34.1 Å². The van der Waals surface area contributed by atoms with E-state index in [1.165, 1.54) is 12.1 Å². The third kappa shape index (κ3) is 4.88. The molecule has 0 aliphatic rings. The third-order valence-corrected chi connectivity index (χ3v) is 5.29. The number of para-hydroxylation sites is 1. The smallest absolute Gasteiger partial charge is 0.240 e. The van der Waals surface area contributed by atoms with Crippen LogP contribution in [-0.2, 0) is 16.6 Å². The van der Waals surface area contributed by atoms with Crippen molar-refractivity contribution in [2.75, 3.05) is 0 Å². The number of nitrogens with one attached hydrogen (secondary N) is 1. The second-order valence-corrected chi connectivity index (χ2v) is 7.86. The van der Waals surface area contributed by atoms with Crippen molar-refractivity contribution in [1.29, 1.82) is 0 Å². The van der Waals surface area contributed by atoms with Crippen LogP contribution in [0.2, 0.25) is 0 Å². The summed E-state index contributed by atoms with van der Waals surface area (Å²) < 4.78 is 33.4. The molecule has 0 unspecified atom stereocenters. The highest BCUT2D eigenvalue weighted by atomic mass is 79.9. The highest BCUT2D eigenvalue weighted by Gasteiger charge is 2.14. The second-order valence-electron chi connectivity index (χ2n) is 5.18. The van der Waals surface area contributed by atoms with E-state index >= 15 is 0 Å². The molecule has 0 aliphatic heterocycles. The summed E-state index contributed by atoms with van der Waals surface area (Å²) in [4.78, 5) is 4.49. The summed E-state index contributed by atoms with van der Waals surface area (Å²) in [5, 5.41) is 0. The second kappa shape index (κ2) is 7.77. The van der Waals surface area contributed by atoms with Gasteiger partial charge in [-0.2, -0.15) is 0 Å². The molecule has 25 heavy (non-hydrogen) atoms. The lowest BCUT2D eigenvalue weighted by atomic mass is 10.3. The fourth-order valence-corrected chi connectivity index (χ4v) is 3.33. The summed E-state index contributed by atoms with van der Waals surface area (Å²) in [5.74, 6) is 1.07. The molecule has 128 valence electrons. The first-order valence-corrected chi connectivity index (χ1v) is 9.74. The molecule has 3 aromatic rings. The molecule has 0 fully saturated rings. The van der Waals surface area contributed by atoms with Gasteiger partial charge in [0.05, 0.1) is 23.3 Å². The molecule has 0 spiro atoms. The lowest BCUT2D eigenvalue weighted by molar-refractivity contribution is 0.494. The maximum absolute atomic E-state index is 12.2. The summed E-state index contributed by atoms with van der Waals surface area (Å²) in [6, 6.07) is 19.4. The van der Waals surface area contributed by atoms with Gasteiger partial charge in [0.25, 0.3) is 0 Å². The summed E-state index contributed by atoms with van der Waals surface area (Å²) in [7, 11) is -3.59. The Morgan fingerprint density at radius 1 is 1.00 bits per heavy atom. The number of nitrogens with zero attached hydrogens (tertiary/aromatic N) is 1. The van der Waals surface area contributed by atoms with E-state index in [1.54, 1.807) is 30.5 Å². The van der Waals surface area contributed by atoms with E-state index in [2.05, 4.69) is 25.6 Å². The van der Waals surface area contributed by atoms with E-state index in [0.29, 0.717) is 11.5 Å². The molecule has 1 N–H and O–H groups in total. The van der Waals surface area contributed by atoms with Crippen LogP contribution in [-0.4, -0.2) is 14.6 Å². The van der Waals surface area contributed by atoms with Gasteiger partial charge in [-0.05, 0) is 48.5 Å². The van der Waals surface area contributed by atoms with Gasteiger partial charge in [0.15, 0.2) is 0 Å². The fourth-order valence-electron chi connectivity index (χ4n) is 2.07. The van der Waals surface area contributed by atoms with Gasteiger partial charge in [-0.3, -0.25) is 4.99 Å². The topological polar surface area (TPSA) is 71.7 Å². The molecule has 2 aromatic carbocycles. The van der Waals surface area contributed by atoms with Crippen LogP contribution in [0.4, 0.5) is 5.69 Å². The van der Waals surface area contributed by atoms with E-state index in [1.807, 2.05) is 30.3 Å². The van der Waals surface area contributed by atoms with E-state index in [4.69, 9.17) is 4.42 Å². The standard InChI is InChI=1S/C18H15BrN2O3S/c19-14-6-10-18(11-7-14)25(22,23)21-13-17-9-8-16(24-17)12-20-15-4-2-1-3-5-15/h1-12,21H,13H2. The molecule has 0 saturated heterocycles. The van der Waals surface area contributed by atoms with Crippen LogP contribution in [0.1, 0.15) is 11.5 Å². The first kappa shape index (κ1) is 17.6. The largest absolute Gasteiger partial charge is 0.459 e. The third-order valence-electron chi connectivity index (χ3n) is 3.34. The maximum atomic E-state index is 12.2. The number of halogens is 1. The van der Waals surface area contributed by atoms with Gasteiger partial charge < -0.3 is 4.42 Å². The van der Waals surface area contributed by atoms with E-state index in [0.717, 1.165) is 10.2 Å². The van der Waals surface area contributed by atoms with Crippen LogP contribution in [0.15, 0.2) is 85.5 Å². The quantitative estimate of drug-likeness (QED) is 0.607. The van der Waals surface area contributed by atoms with Crippen molar-refractivity contribution in [1.82, 2.24) is 4.72 Å². The molecule has 0 radical (unpaired) electrons. The SMILES string of the molecule is O=S(=O)(NCc1ccc(C=Nc2ccccc2)o1)c1ccc(Br)cc1. The first-order chi connectivity index (χ1) is 12.0. The highest BCUT2D eigenvalue weighted by Crippen LogP contribution is 2.16. The van der Waals surface area contributed by atoms with Gasteiger partial charge in [0.2, 0.25) is 10.0 Å². The molecule has 0 bridgehead atoms. The average Bonchev–Trinajstić information content (AvgIpc) is 3.08. The molecule has 7 heteroatoms. The molecule has 0 amide bonds. The number of furan rings is 1. The Balaban J connectivity index is 1.63. The zero-order valence-corrected chi connectivity index (χ0v) is 15.5. The molecule has 0 aliphatic carbocycles. The number of rotatable bonds is 6. The Bertz CT molecular complexity index is 965. The molecule has 3 rings (SSSR count). The number of aliphatic imine (C=N–C) groups is 1.